The van der Waals surface area contributed by atoms with Crippen molar-refractivity contribution in [2.75, 3.05) is 5.32 Å². The number of hydrogen-bond donors (Lipinski definition) is 3. The van der Waals surface area contributed by atoms with Gasteiger partial charge < -0.3 is 15.3 Å². The van der Waals surface area contributed by atoms with Gasteiger partial charge in [0.25, 0.3) is 0 Å². The van der Waals surface area contributed by atoms with Crippen molar-refractivity contribution in [1.29, 1.82) is 0 Å². The fraction of sp³-hybridized carbons (Fsp3) is 0. The van der Waals surface area contributed by atoms with Crippen LogP contribution in [0.2, 0.25) is 0 Å². The maximum atomic E-state index is 11.3. The molecule has 0 bridgehead atoms. The molecule has 130 valence electrons. The molecule has 0 radical (unpaired) electrons. The van der Waals surface area contributed by atoms with Crippen molar-refractivity contribution in [3.05, 3.63) is 83.7 Å². The minimum atomic E-state index is -0.120. The predicted octanol–water partition coefficient (Wildman–Crippen LogP) is 4.21. The summed E-state index contributed by atoms with van der Waals surface area (Å²) in [6.07, 6.45) is 5.18. The summed E-state index contributed by atoms with van der Waals surface area (Å²) < 4.78 is 0. The monoisotopic (exact) mass is 353 g/mol. The first-order chi connectivity index (χ1) is 13.3. The molecule has 0 amide bonds. The van der Waals surface area contributed by atoms with Crippen LogP contribution in [0, 0.1) is 0 Å². The molecule has 2 aromatic carbocycles. The van der Waals surface area contributed by atoms with Crippen LogP contribution in [0.5, 0.6) is 0 Å². The van der Waals surface area contributed by atoms with Crippen LogP contribution in [-0.4, -0.2) is 19.9 Å². The molecule has 27 heavy (non-hydrogen) atoms. The third-order valence-corrected chi connectivity index (χ3v) is 4.57. The lowest BCUT2D eigenvalue weighted by molar-refractivity contribution is 1.22. The Balaban J connectivity index is 1.59. The van der Waals surface area contributed by atoms with Crippen molar-refractivity contribution in [1.82, 2.24) is 19.9 Å². The van der Waals surface area contributed by atoms with Crippen molar-refractivity contribution in [2.24, 2.45) is 0 Å². The third-order valence-electron chi connectivity index (χ3n) is 4.57. The number of aromatic amines is 2. The molecule has 0 unspecified atom stereocenters. The van der Waals surface area contributed by atoms with E-state index in [2.05, 4.69) is 31.3 Å². The highest BCUT2D eigenvalue weighted by molar-refractivity contribution is 5.94. The Morgan fingerprint density at radius 1 is 0.852 bits per heavy atom. The second-order valence-corrected chi connectivity index (χ2v) is 6.30. The van der Waals surface area contributed by atoms with E-state index in [4.69, 9.17) is 0 Å². The van der Waals surface area contributed by atoms with Gasteiger partial charge in [0.2, 0.25) is 5.56 Å². The molecule has 0 aliphatic carbocycles. The highest BCUT2D eigenvalue weighted by Gasteiger charge is 2.07. The molecule has 3 heterocycles. The Bertz CT molecular complexity index is 1320. The number of anilines is 2. The molecule has 5 aromatic rings. The van der Waals surface area contributed by atoms with E-state index in [0.717, 1.165) is 44.4 Å². The molecule has 0 saturated carbocycles. The van der Waals surface area contributed by atoms with Crippen LogP contribution >= 0.6 is 0 Å². The minimum Gasteiger partial charge on any atom is -0.361 e. The first-order valence-electron chi connectivity index (χ1n) is 8.54. The lowest BCUT2D eigenvalue weighted by atomic mass is 10.1. The molecule has 3 aromatic heterocycles. The van der Waals surface area contributed by atoms with Gasteiger partial charge in [-0.05, 0) is 53.6 Å². The number of aromatic nitrogens is 4. The summed E-state index contributed by atoms with van der Waals surface area (Å²) in [4.78, 5) is 26.0. The fourth-order valence-electron chi connectivity index (χ4n) is 3.19. The topological polar surface area (TPSA) is 86.5 Å². The summed E-state index contributed by atoms with van der Waals surface area (Å²) in [5, 5.41) is 5.44. The number of H-pyrrole nitrogens is 2. The van der Waals surface area contributed by atoms with Gasteiger partial charge in [-0.2, -0.15) is 0 Å². The van der Waals surface area contributed by atoms with Gasteiger partial charge in [-0.25, -0.2) is 9.97 Å². The molecule has 5 rings (SSSR count). The zero-order valence-corrected chi connectivity index (χ0v) is 14.2. The van der Waals surface area contributed by atoms with E-state index in [1.807, 2.05) is 42.6 Å². The number of rotatable bonds is 3. The maximum absolute atomic E-state index is 11.3. The average Bonchev–Trinajstić information content (AvgIpc) is 3.16. The average molecular weight is 353 g/mol. The summed E-state index contributed by atoms with van der Waals surface area (Å²) in [5.41, 5.74) is 4.69. The fourth-order valence-corrected chi connectivity index (χ4v) is 3.19. The number of pyridine rings is 1. The smallest absolute Gasteiger partial charge is 0.247 e. The van der Waals surface area contributed by atoms with Crippen molar-refractivity contribution in [2.45, 2.75) is 0 Å². The molecular weight excluding hydrogens is 338 g/mol. The molecule has 0 fully saturated rings. The second-order valence-electron chi connectivity index (χ2n) is 6.30. The number of nitrogens with one attached hydrogen (secondary N) is 3. The molecule has 0 atom stereocenters. The molecular formula is C21H15N5O. The van der Waals surface area contributed by atoms with E-state index in [9.17, 15) is 4.79 Å². The predicted molar refractivity (Wildman–Crippen MR) is 107 cm³/mol. The van der Waals surface area contributed by atoms with Gasteiger partial charge in [-0.3, -0.25) is 4.79 Å². The van der Waals surface area contributed by atoms with Crippen LogP contribution in [-0.2, 0) is 0 Å². The maximum Gasteiger partial charge on any atom is 0.247 e. The van der Waals surface area contributed by atoms with E-state index in [-0.39, 0.29) is 5.56 Å². The standard InChI is InChI=1S/C21H15N5O/c27-20-6-2-15(11-23-20)13-1-4-19-17(10-13)21(25-12-24-19)26-16-3-5-18-14(9-16)7-8-22-18/h1-12,22H,(H,23,27)(H,24,25,26). The van der Waals surface area contributed by atoms with Gasteiger partial charge in [-0.15, -0.1) is 0 Å². The lowest BCUT2D eigenvalue weighted by Gasteiger charge is -2.10. The summed E-state index contributed by atoms with van der Waals surface area (Å²) in [5.74, 6) is 0.737. The van der Waals surface area contributed by atoms with Crippen molar-refractivity contribution in [3.8, 4) is 11.1 Å². The summed E-state index contributed by atoms with van der Waals surface area (Å²) in [6.45, 7) is 0. The number of fused-ring (bicyclic) bond motifs is 2. The van der Waals surface area contributed by atoms with Crippen LogP contribution in [0.1, 0.15) is 0 Å². The molecule has 0 aliphatic rings. The highest BCUT2D eigenvalue weighted by atomic mass is 16.1. The first-order valence-corrected chi connectivity index (χ1v) is 8.54. The Morgan fingerprint density at radius 3 is 2.67 bits per heavy atom. The van der Waals surface area contributed by atoms with Gasteiger partial charge >= 0.3 is 0 Å². The van der Waals surface area contributed by atoms with Gasteiger partial charge in [0.15, 0.2) is 0 Å². The van der Waals surface area contributed by atoms with Crippen molar-refractivity contribution in [3.63, 3.8) is 0 Å². The van der Waals surface area contributed by atoms with E-state index in [0.29, 0.717) is 0 Å². The van der Waals surface area contributed by atoms with E-state index in [1.165, 1.54) is 6.07 Å². The van der Waals surface area contributed by atoms with Crippen LogP contribution in [0.3, 0.4) is 0 Å². The third kappa shape index (κ3) is 2.83. The highest BCUT2D eigenvalue weighted by Crippen LogP contribution is 2.28. The molecule has 3 N–H and O–H groups in total. The van der Waals surface area contributed by atoms with Crippen LogP contribution < -0.4 is 10.9 Å². The number of nitrogens with zero attached hydrogens (tertiary/aromatic N) is 2. The SMILES string of the molecule is O=c1ccc(-c2ccc3ncnc(Nc4ccc5[nH]ccc5c4)c3c2)c[nH]1. The Labute approximate surface area is 153 Å². The molecule has 0 saturated heterocycles. The van der Waals surface area contributed by atoms with Crippen LogP contribution in [0.4, 0.5) is 11.5 Å². The molecule has 6 heteroatoms. The normalized spacial score (nSPS) is 11.1. The van der Waals surface area contributed by atoms with Crippen molar-refractivity contribution >= 4 is 33.3 Å². The minimum absolute atomic E-state index is 0.120. The van der Waals surface area contributed by atoms with Crippen LogP contribution in [0.25, 0.3) is 32.9 Å². The zero-order chi connectivity index (χ0) is 18.2. The largest absolute Gasteiger partial charge is 0.361 e. The zero-order valence-electron chi connectivity index (χ0n) is 14.2. The number of hydrogen-bond acceptors (Lipinski definition) is 4. The van der Waals surface area contributed by atoms with E-state index >= 15 is 0 Å². The van der Waals surface area contributed by atoms with Gasteiger partial charge in [0.1, 0.15) is 12.1 Å². The van der Waals surface area contributed by atoms with Gasteiger partial charge in [-0.1, -0.05) is 6.07 Å². The van der Waals surface area contributed by atoms with Crippen LogP contribution in [0.15, 0.2) is 78.1 Å². The second kappa shape index (κ2) is 6.10. The van der Waals surface area contributed by atoms with Gasteiger partial charge in [0, 0.05) is 40.4 Å². The van der Waals surface area contributed by atoms with E-state index in [1.54, 1.807) is 18.6 Å². The van der Waals surface area contributed by atoms with E-state index < -0.39 is 0 Å². The Kier molecular flexibility index (Phi) is 3.47. The molecule has 6 nitrogen and oxygen atoms in total. The molecule has 0 aliphatic heterocycles. The summed E-state index contributed by atoms with van der Waals surface area (Å²) in [6, 6.07) is 17.4. The lowest BCUT2D eigenvalue weighted by Crippen LogP contribution is -2.01. The van der Waals surface area contributed by atoms with Gasteiger partial charge in [0.05, 0.1) is 5.52 Å². The summed E-state index contributed by atoms with van der Waals surface area (Å²) >= 11 is 0. The quantitative estimate of drug-likeness (QED) is 0.453. The number of benzene rings is 2. The molecule has 0 spiro atoms. The Morgan fingerprint density at radius 2 is 1.78 bits per heavy atom. The Hall–Kier alpha value is -3.93. The van der Waals surface area contributed by atoms with Crippen molar-refractivity contribution < 1.29 is 0 Å². The summed E-state index contributed by atoms with van der Waals surface area (Å²) in [7, 11) is 0. The first kappa shape index (κ1) is 15.3.